The number of aromatic nitrogens is 1. The molecular formula is C20H26FN3O3. The number of aliphatic hydroxyl groups is 1. The Hall–Kier alpha value is -1.89. The predicted molar refractivity (Wildman–Crippen MR) is 96.6 cm³/mol. The van der Waals surface area contributed by atoms with E-state index in [9.17, 15) is 14.3 Å². The maximum absolute atomic E-state index is 13.0. The Bertz CT molecular complexity index is 712. The topological polar surface area (TPSA) is 74.7 Å². The molecule has 2 heterocycles. The second kappa shape index (κ2) is 6.33. The molecule has 6 atom stereocenters. The van der Waals surface area contributed by atoms with Crippen LogP contribution in [0.3, 0.4) is 0 Å². The maximum Gasteiger partial charge on any atom is 0.410 e. The molecule has 1 aromatic rings. The Labute approximate surface area is 158 Å². The van der Waals surface area contributed by atoms with Crippen LogP contribution in [-0.2, 0) is 4.74 Å². The lowest BCUT2D eigenvalue weighted by molar-refractivity contribution is -0.177. The average Bonchev–Trinajstić information content (AvgIpc) is 3.07. The molecule has 6 nitrogen and oxygen atoms in total. The van der Waals surface area contributed by atoms with Crippen LogP contribution < -0.4 is 5.32 Å². The summed E-state index contributed by atoms with van der Waals surface area (Å²) in [7, 11) is 0. The minimum atomic E-state index is -0.510. The van der Waals surface area contributed by atoms with Gasteiger partial charge in [-0.25, -0.2) is 14.2 Å². The van der Waals surface area contributed by atoms with Gasteiger partial charge in [-0.3, -0.25) is 0 Å². The fraction of sp³-hybridized carbons (Fsp3) is 0.700. The van der Waals surface area contributed by atoms with E-state index in [1.54, 1.807) is 11.0 Å². The number of hydrogen-bond acceptors (Lipinski definition) is 5. The molecular weight excluding hydrogens is 349 g/mol. The zero-order chi connectivity index (χ0) is 18.6. The molecule has 7 heteroatoms. The molecule has 4 bridgehead atoms. The summed E-state index contributed by atoms with van der Waals surface area (Å²) in [5.74, 6) is 1.48. The number of carbonyl (C=O) groups is 1. The number of amides is 1. The van der Waals surface area contributed by atoms with E-state index < -0.39 is 5.60 Å². The largest absolute Gasteiger partial charge is 0.446 e. The lowest BCUT2D eigenvalue weighted by Gasteiger charge is -2.57. The zero-order valence-electron chi connectivity index (χ0n) is 15.3. The molecule has 4 saturated carbocycles. The van der Waals surface area contributed by atoms with Crippen molar-refractivity contribution in [2.24, 2.45) is 17.8 Å². The molecule has 5 unspecified atom stereocenters. The van der Waals surface area contributed by atoms with Crippen LogP contribution in [0.15, 0.2) is 18.3 Å². The second-order valence-corrected chi connectivity index (χ2v) is 8.98. The first-order valence-electron chi connectivity index (χ1n) is 10.0. The highest BCUT2D eigenvalue weighted by Crippen LogP contribution is 2.56. The van der Waals surface area contributed by atoms with Crippen LogP contribution in [0.5, 0.6) is 0 Å². The van der Waals surface area contributed by atoms with Gasteiger partial charge in [-0.15, -0.1) is 0 Å². The Morgan fingerprint density at radius 1 is 1.30 bits per heavy atom. The van der Waals surface area contributed by atoms with Gasteiger partial charge in [0, 0.05) is 19.1 Å². The van der Waals surface area contributed by atoms with Crippen LogP contribution in [0.25, 0.3) is 0 Å². The van der Waals surface area contributed by atoms with E-state index >= 15 is 0 Å². The van der Waals surface area contributed by atoms with Crippen LogP contribution >= 0.6 is 0 Å². The van der Waals surface area contributed by atoms with Crippen molar-refractivity contribution in [1.29, 1.82) is 0 Å². The third-order valence-electron chi connectivity index (χ3n) is 6.92. The van der Waals surface area contributed by atoms with Gasteiger partial charge in [0.1, 0.15) is 17.7 Å². The average molecular weight is 375 g/mol. The number of carbonyl (C=O) groups excluding carboxylic acids is 1. The number of nitrogens with zero attached hydrogens (tertiary/aromatic N) is 2. The van der Waals surface area contributed by atoms with Crippen molar-refractivity contribution in [3.63, 3.8) is 0 Å². The molecule has 1 aromatic heterocycles. The van der Waals surface area contributed by atoms with Crippen molar-refractivity contribution in [2.75, 3.05) is 18.4 Å². The summed E-state index contributed by atoms with van der Waals surface area (Å²) in [5.41, 5.74) is -0.510. The van der Waals surface area contributed by atoms with Gasteiger partial charge in [-0.1, -0.05) is 0 Å². The molecule has 1 aliphatic heterocycles. The van der Waals surface area contributed by atoms with E-state index in [1.165, 1.54) is 12.3 Å². The molecule has 2 N–H and O–H groups in total. The summed E-state index contributed by atoms with van der Waals surface area (Å²) >= 11 is 0. The minimum Gasteiger partial charge on any atom is -0.446 e. The number of ether oxygens (including phenoxy) is 1. The molecule has 6 rings (SSSR count). The van der Waals surface area contributed by atoms with Crippen LogP contribution in [0.2, 0.25) is 0 Å². The van der Waals surface area contributed by atoms with Crippen molar-refractivity contribution >= 4 is 11.9 Å². The third-order valence-corrected chi connectivity index (χ3v) is 6.92. The summed E-state index contributed by atoms with van der Waals surface area (Å²) in [6, 6.07) is 3.07. The van der Waals surface area contributed by atoms with E-state index in [-0.39, 0.29) is 24.1 Å². The number of halogens is 1. The number of anilines is 1. The van der Waals surface area contributed by atoms with Gasteiger partial charge < -0.3 is 20.1 Å². The fourth-order valence-corrected chi connectivity index (χ4v) is 6.03. The SMILES string of the molecule is O=C(OC1C2CC3C[C@@H]1CC(O)(C3)C2)N1CCC(Nc2ccc(F)cn2)C1. The highest BCUT2D eigenvalue weighted by atomic mass is 19.1. The number of rotatable bonds is 3. The van der Waals surface area contributed by atoms with Gasteiger partial charge in [-0.05, 0) is 68.4 Å². The van der Waals surface area contributed by atoms with Crippen LogP contribution in [0.4, 0.5) is 15.0 Å². The van der Waals surface area contributed by atoms with E-state index in [4.69, 9.17) is 4.74 Å². The normalized spacial score (nSPS) is 39.6. The summed E-state index contributed by atoms with van der Waals surface area (Å²) in [4.78, 5) is 18.5. The van der Waals surface area contributed by atoms with Crippen molar-refractivity contribution in [2.45, 2.75) is 56.3 Å². The standard InChI is InChI=1S/C20H26FN3O3/c21-15-1-2-17(22-10-15)23-16-3-4-24(11-16)19(25)27-18-13-5-12-6-14(18)9-20(26,7-12)8-13/h1-2,10,12-14,16,18,26H,3-9,11H2,(H,22,23)/t12?,13-,14?,16?,18?,20?/m1/s1. The first kappa shape index (κ1) is 17.2. The molecule has 4 aliphatic carbocycles. The number of nitrogens with one attached hydrogen (secondary N) is 1. The molecule has 5 aliphatic rings. The van der Waals surface area contributed by atoms with Gasteiger partial charge in [0.2, 0.25) is 0 Å². The van der Waals surface area contributed by atoms with Crippen molar-refractivity contribution in [3.05, 3.63) is 24.1 Å². The molecule has 1 amide bonds. The van der Waals surface area contributed by atoms with Gasteiger partial charge >= 0.3 is 6.09 Å². The number of pyridine rings is 1. The third kappa shape index (κ3) is 3.26. The quantitative estimate of drug-likeness (QED) is 0.850. The number of likely N-dealkylation sites (tertiary alicyclic amines) is 1. The lowest BCUT2D eigenvalue weighted by Crippen LogP contribution is -2.58. The zero-order valence-corrected chi connectivity index (χ0v) is 15.3. The van der Waals surface area contributed by atoms with E-state index in [1.807, 2.05) is 0 Å². The molecule has 27 heavy (non-hydrogen) atoms. The van der Waals surface area contributed by atoms with Gasteiger partial charge in [0.25, 0.3) is 0 Å². The Kier molecular flexibility index (Phi) is 4.04. The van der Waals surface area contributed by atoms with Crippen molar-refractivity contribution < 1.29 is 19.0 Å². The Morgan fingerprint density at radius 3 is 2.74 bits per heavy atom. The Morgan fingerprint density at radius 2 is 2.07 bits per heavy atom. The van der Waals surface area contributed by atoms with E-state index in [0.29, 0.717) is 36.7 Å². The van der Waals surface area contributed by atoms with Crippen LogP contribution in [0, 0.1) is 23.6 Å². The number of hydrogen-bond donors (Lipinski definition) is 2. The van der Waals surface area contributed by atoms with Gasteiger partial charge in [0.05, 0.1) is 11.8 Å². The molecule has 0 aromatic carbocycles. The van der Waals surface area contributed by atoms with Crippen molar-refractivity contribution in [3.8, 4) is 0 Å². The summed E-state index contributed by atoms with van der Waals surface area (Å²) < 4.78 is 18.9. The predicted octanol–water partition coefficient (Wildman–Crippen LogP) is 2.78. The van der Waals surface area contributed by atoms with Gasteiger partial charge in [0.15, 0.2) is 0 Å². The first-order chi connectivity index (χ1) is 13.0. The molecule has 146 valence electrons. The summed E-state index contributed by atoms with van der Waals surface area (Å²) in [6.45, 7) is 1.21. The highest BCUT2D eigenvalue weighted by molar-refractivity contribution is 5.68. The van der Waals surface area contributed by atoms with Gasteiger partial charge in [-0.2, -0.15) is 0 Å². The van der Waals surface area contributed by atoms with E-state index in [2.05, 4.69) is 10.3 Å². The molecule has 1 saturated heterocycles. The van der Waals surface area contributed by atoms with E-state index in [0.717, 1.165) is 38.5 Å². The van der Waals surface area contributed by atoms with Crippen LogP contribution in [-0.4, -0.2) is 51.9 Å². The minimum absolute atomic E-state index is 0.0416. The second-order valence-electron chi connectivity index (χ2n) is 8.98. The highest BCUT2D eigenvalue weighted by Gasteiger charge is 2.56. The Balaban J connectivity index is 1.17. The van der Waals surface area contributed by atoms with Crippen LogP contribution in [0.1, 0.15) is 38.5 Å². The molecule has 0 radical (unpaired) electrons. The molecule has 0 spiro atoms. The first-order valence-corrected chi connectivity index (χ1v) is 10.0. The fourth-order valence-electron chi connectivity index (χ4n) is 6.03. The molecule has 5 fully saturated rings. The lowest BCUT2D eigenvalue weighted by atomic mass is 9.53. The maximum atomic E-state index is 13.0. The smallest absolute Gasteiger partial charge is 0.410 e. The monoisotopic (exact) mass is 375 g/mol. The summed E-state index contributed by atoms with van der Waals surface area (Å²) in [5, 5.41) is 13.9. The summed E-state index contributed by atoms with van der Waals surface area (Å²) in [6.07, 6.45) is 6.36. The van der Waals surface area contributed by atoms with Crippen molar-refractivity contribution in [1.82, 2.24) is 9.88 Å².